The van der Waals surface area contributed by atoms with Crippen molar-refractivity contribution in [1.82, 2.24) is 14.6 Å². The molecule has 0 saturated heterocycles. The van der Waals surface area contributed by atoms with E-state index in [4.69, 9.17) is 0 Å². The van der Waals surface area contributed by atoms with E-state index in [2.05, 4.69) is 21.7 Å². The van der Waals surface area contributed by atoms with Crippen molar-refractivity contribution < 1.29 is 0 Å². The number of rotatable bonds is 8. The Morgan fingerprint density at radius 2 is 2.11 bits per heavy atom. The molecule has 2 rings (SSSR count). The first kappa shape index (κ1) is 13.2. The van der Waals surface area contributed by atoms with Gasteiger partial charge in [0.1, 0.15) is 0 Å². The normalized spacial score (nSPS) is 10.9. The zero-order valence-corrected chi connectivity index (χ0v) is 11.6. The van der Waals surface area contributed by atoms with Crippen molar-refractivity contribution >= 4 is 23.4 Å². The van der Waals surface area contributed by atoms with Crippen molar-refractivity contribution in [3.8, 4) is 0 Å². The van der Waals surface area contributed by atoms with Crippen molar-refractivity contribution in [3.05, 3.63) is 24.4 Å². The molecule has 0 aromatic carbocycles. The number of anilines is 1. The van der Waals surface area contributed by atoms with Gasteiger partial charge in [-0.1, -0.05) is 18.9 Å². The molecule has 5 heteroatoms. The monoisotopic (exact) mass is 264 g/mol. The molecule has 0 atom stereocenters. The molecule has 0 aliphatic rings. The molecule has 2 aromatic heterocycles. The van der Waals surface area contributed by atoms with Crippen LogP contribution in [0.15, 0.2) is 24.4 Å². The van der Waals surface area contributed by atoms with Gasteiger partial charge in [-0.2, -0.15) is 16.7 Å². The van der Waals surface area contributed by atoms with Crippen LogP contribution in [0.4, 0.5) is 5.95 Å². The topological polar surface area (TPSA) is 42.2 Å². The number of nitrogens with zero attached hydrogens (tertiary/aromatic N) is 3. The molecule has 4 nitrogen and oxygen atoms in total. The third kappa shape index (κ3) is 3.91. The summed E-state index contributed by atoms with van der Waals surface area (Å²) in [6.45, 7) is 0.955. The second kappa shape index (κ2) is 7.26. The second-order valence-electron chi connectivity index (χ2n) is 4.27. The van der Waals surface area contributed by atoms with Crippen LogP contribution >= 0.6 is 11.8 Å². The van der Waals surface area contributed by atoms with Gasteiger partial charge in [-0.3, -0.25) is 0 Å². The van der Waals surface area contributed by atoms with Gasteiger partial charge in [-0.05, 0) is 37.0 Å². The molecule has 0 amide bonds. The molecule has 0 bridgehead atoms. The Hall–Kier alpha value is -1.23. The fraction of sp³-hybridized carbons (Fsp3) is 0.538. The highest BCUT2D eigenvalue weighted by Crippen LogP contribution is 2.07. The Balaban J connectivity index is 1.67. The maximum atomic E-state index is 4.40. The lowest BCUT2D eigenvalue weighted by molar-refractivity contribution is 0.687. The van der Waals surface area contributed by atoms with Crippen LogP contribution in [-0.2, 0) is 0 Å². The van der Waals surface area contributed by atoms with Crippen LogP contribution in [0.5, 0.6) is 0 Å². The quantitative estimate of drug-likeness (QED) is 0.744. The highest BCUT2D eigenvalue weighted by Gasteiger charge is 2.00. The summed E-state index contributed by atoms with van der Waals surface area (Å²) in [5.41, 5.74) is 0.889. The van der Waals surface area contributed by atoms with E-state index in [1.54, 1.807) is 4.52 Å². The van der Waals surface area contributed by atoms with E-state index in [9.17, 15) is 0 Å². The fourth-order valence-corrected chi connectivity index (χ4v) is 2.32. The fourth-order valence-electron chi connectivity index (χ4n) is 1.83. The lowest BCUT2D eigenvalue weighted by atomic mass is 10.2. The summed E-state index contributed by atoms with van der Waals surface area (Å²) in [5.74, 6) is 2.01. The number of nitrogens with one attached hydrogen (secondary N) is 1. The molecule has 0 saturated carbocycles. The molecule has 0 spiro atoms. The zero-order chi connectivity index (χ0) is 12.6. The van der Waals surface area contributed by atoms with Gasteiger partial charge in [-0.15, -0.1) is 5.10 Å². The van der Waals surface area contributed by atoms with Gasteiger partial charge in [-0.25, -0.2) is 4.52 Å². The Morgan fingerprint density at radius 1 is 1.22 bits per heavy atom. The molecule has 0 unspecified atom stereocenters. The molecule has 98 valence electrons. The van der Waals surface area contributed by atoms with Gasteiger partial charge in [0.05, 0.1) is 0 Å². The summed E-state index contributed by atoms with van der Waals surface area (Å²) in [7, 11) is 0. The van der Waals surface area contributed by atoms with E-state index in [1.807, 2.05) is 36.2 Å². The van der Waals surface area contributed by atoms with Gasteiger partial charge in [0.2, 0.25) is 5.95 Å². The molecule has 2 heterocycles. The molecule has 0 radical (unpaired) electrons. The molecular weight excluding hydrogens is 244 g/mol. The summed E-state index contributed by atoms with van der Waals surface area (Å²) >= 11 is 1.93. The molecule has 2 aromatic rings. The smallest absolute Gasteiger partial charge is 0.243 e. The van der Waals surface area contributed by atoms with Crippen LogP contribution in [-0.4, -0.2) is 33.2 Å². The largest absolute Gasteiger partial charge is 0.353 e. The molecule has 1 N–H and O–H groups in total. The predicted octanol–water partition coefficient (Wildman–Crippen LogP) is 3.06. The van der Waals surface area contributed by atoms with Crippen molar-refractivity contribution in [1.29, 1.82) is 0 Å². The average molecular weight is 264 g/mol. The van der Waals surface area contributed by atoms with E-state index in [-0.39, 0.29) is 0 Å². The lowest BCUT2D eigenvalue weighted by Gasteiger charge is -2.01. The Morgan fingerprint density at radius 3 is 2.94 bits per heavy atom. The first-order valence-corrected chi connectivity index (χ1v) is 7.84. The molecule has 0 aliphatic carbocycles. The third-order valence-electron chi connectivity index (χ3n) is 2.80. The summed E-state index contributed by atoms with van der Waals surface area (Å²) in [5, 5.41) is 7.63. The maximum absolute atomic E-state index is 4.40. The highest BCUT2D eigenvalue weighted by atomic mass is 32.2. The standard InChI is InChI=1S/C13H20N4S/c1-18-11-7-3-2-5-9-14-13-15-12-8-4-6-10-17(12)16-13/h4,6,8,10H,2-3,5,7,9,11H2,1H3,(H,14,16). The Labute approximate surface area is 112 Å². The third-order valence-corrected chi connectivity index (χ3v) is 3.50. The number of fused-ring (bicyclic) bond motifs is 1. The molecular formula is C13H20N4S. The summed E-state index contributed by atoms with van der Waals surface area (Å²) in [6, 6.07) is 5.89. The van der Waals surface area contributed by atoms with Crippen LogP contribution in [0.1, 0.15) is 25.7 Å². The van der Waals surface area contributed by atoms with E-state index in [0.717, 1.165) is 18.1 Å². The molecule has 0 aliphatic heterocycles. The highest BCUT2D eigenvalue weighted by molar-refractivity contribution is 7.98. The van der Waals surface area contributed by atoms with Crippen molar-refractivity contribution in [2.75, 3.05) is 23.9 Å². The van der Waals surface area contributed by atoms with Crippen molar-refractivity contribution in [2.24, 2.45) is 0 Å². The summed E-state index contributed by atoms with van der Waals surface area (Å²) in [4.78, 5) is 4.40. The minimum absolute atomic E-state index is 0.727. The van der Waals surface area contributed by atoms with Crippen LogP contribution in [0.3, 0.4) is 0 Å². The van der Waals surface area contributed by atoms with Crippen LogP contribution in [0, 0.1) is 0 Å². The van der Waals surface area contributed by atoms with Gasteiger partial charge >= 0.3 is 0 Å². The van der Waals surface area contributed by atoms with E-state index in [0.29, 0.717) is 0 Å². The zero-order valence-electron chi connectivity index (χ0n) is 10.8. The number of hydrogen-bond donors (Lipinski definition) is 1. The van der Waals surface area contributed by atoms with Gasteiger partial charge in [0, 0.05) is 12.7 Å². The number of thioether (sulfide) groups is 1. The number of aromatic nitrogens is 3. The van der Waals surface area contributed by atoms with E-state index in [1.165, 1.54) is 31.4 Å². The van der Waals surface area contributed by atoms with Gasteiger partial charge < -0.3 is 5.32 Å². The van der Waals surface area contributed by atoms with Crippen LogP contribution in [0.2, 0.25) is 0 Å². The second-order valence-corrected chi connectivity index (χ2v) is 5.26. The maximum Gasteiger partial charge on any atom is 0.243 e. The molecule has 0 fully saturated rings. The first-order chi connectivity index (χ1) is 8.90. The van der Waals surface area contributed by atoms with Gasteiger partial charge in [0.25, 0.3) is 0 Å². The Kier molecular flexibility index (Phi) is 5.33. The minimum atomic E-state index is 0.727. The van der Waals surface area contributed by atoms with Crippen molar-refractivity contribution in [3.63, 3.8) is 0 Å². The van der Waals surface area contributed by atoms with Crippen molar-refractivity contribution in [2.45, 2.75) is 25.7 Å². The predicted molar refractivity (Wildman–Crippen MR) is 78.3 cm³/mol. The van der Waals surface area contributed by atoms with E-state index >= 15 is 0 Å². The number of unbranched alkanes of at least 4 members (excludes halogenated alkanes) is 3. The van der Waals surface area contributed by atoms with E-state index < -0.39 is 0 Å². The van der Waals surface area contributed by atoms with Gasteiger partial charge in [0.15, 0.2) is 5.65 Å². The SMILES string of the molecule is CSCCCCCCNc1nc2ccccn2n1. The number of pyridine rings is 1. The molecule has 18 heavy (non-hydrogen) atoms. The first-order valence-electron chi connectivity index (χ1n) is 6.44. The van der Waals surface area contributed by atoms with Crippen LogP contribution < -0.4 is 5.32 Å². The summed E-state index contributed by atoms with van der Waals surface area (Å²) in [6.07, 6.45) is 9.19. The lowest BCUT2D eigenvalue weighted by Crippen LogP contribution is -2.03. The minimum Gasteiger partial charge on any atom is -0.353 e. The summed E-state index contributed by atoms with van der Waals surface area (Å²) < 4.78 is 1.79. The Bertz CT molecular complexity index is 436. The average Bonchev–Trinajstić information content (AvgIpc) is 2.80. The number of hydrogen-bond acceptors (Lipinski definition) is 4. The van der Waals surface area contributed by atoms with Crippen LogP contribution in [0.25, 0.3) is 5.65 Å².